The zero-order valence-corrected chi connectivity index (χ0v) is 22.4. The summed E-state index contributed by atoms with van der Waals surface area (Å²) in [6, 6.07) is 42.1. The second-order valence-electron chi connectivity index (χ2n) is 10.3. The molecule has 5 aromatic carbocycles. The van der Waals surface area contributed by atoms with Crippen LogP contribution in [0.3, 0.4) is 0 Å². The van der Waals surface area contributed by atoms with Gasteiger partial charge < -0.3 is 0 Å². The Morgan fingerprint density at radius 3 is 1.23 bits per heavy atom. The van der Waals surface area contributed by atoms with Gasteiger partial charge in [0.05, 0.1) is 0 Å². The van der Waals surface area contributed by atoms with Crippen LogP contribution < -0.4 is 9.97 Å². The Morgan fingerprint density at radius 2 is 0.825 bits per heavy atom. The Balaban J connectivity index is 1.39. The number of benzene rings is 5. The number of hydrogen-bond acceptors (Lipinski definition) is 2. The largest absolute Gasteiger partial charge is 0.237 e. The van der Waals surface area contributed by atoms with Crippen LogP contribution in [0.2, 0.25) is 0 Å². The Labute approximate surface area is 233 Å². The molecule has 0 radical (unpaired) electrons. The highest BCUT2D eigenvalue weighted by Gasteiger charge is 2.22. The Morgan fingerprint density at radius 1 is 0.425 bits per heavy atom. The minimum absolute atomic E-state index is 0.936. The summed E-state index contributed by atoms with van der Waals surface area (Å²) in [5, 5.41) is 0. The fraction of sp³-hybridized carbons (Fsp3) is 0.0556. The molecular weight excluding hydrogens is 488 g/mol. The lowest BCUT2D eigenvalue weighted by atomic mass is 9.99. The second kappa shape index (κ2) is 9.83. The number of aryl methyl sites for hydroxylation is 2. The van der Waals surface area contributed by atoms with Gasteiger partial charge in [-0.05, 0) is 61.4 Å². The minimum Gasteiger partial charge on any atom is -0.234 e. The molecular formula is C36H28N4+2. The van der Waals surface area contributed by atoms with Crippen molar-refractivity contribution in [3.63, 3.8) is 0 Å². The van der Waals surface area contributed by atoms with Gasteiger partial charge in [-0.25, -0.2) is 19.9 Å². The maximum absolute atomic E-state index is 5.11. The van der Waals surface area contributed by atoms with E-state index in [1.165, 1.54) is 11.1 Å². The number of rotatable bonds is 4. The van der Waals surface area contributed by atoms with Gasteiger partial charge in [-0.15, -0.1) is 0 Å². The van der Waals surface area contributed by atoms with Crippen molar-refractivity contribution < 1.29 is 9.97 Å². The number of nitrogens with zero attached hydrogens (tertiary/aromatic N) is 2. The molecule has 0 aliphatic rings. The first-order valence-electron chi connectivity index (χ1n) is 13.5. The molecule has 0 amide bonds. The van der Waals surface area contributed by atoms with Gasteiger partial charge in [-0.3, -0.25) is 0 Å². The maximum Gasteiger partial charge on any atom is 0.237 e. The summed E-state index contributed by atoms with van der Waals surface area (Å²) in [6.07, 6.45) is 0. The van der Waals surface area contributed by atoms with Crippen LogP contribution in [0, 0.1) is 13.8 Å². The SMILES string of the molecule is Cc1ccc2[nH+]c(-c3ccc(-c4[nH+]c5ccc(C)cc5nc4-c4ccccc4)cc3)c(-c3ccccc3)nc2c1. The van der Waals surface area contributed by atoms with E-state index in [4.69, 9.17) is 9.97 Å². The molecule has 0 saturated heterocycles. The fourth-order valence-electron chi connectivity index (χ4n) is 5.25. The predicted octanol–water partition coefficient (Wildman–Crippen LogP) is 7.70. The normalized spacial score (nSPS) is 11.2. The molecule has 0 spiro atoms. The first-order chi connectivity index (χ1) is 19.6. The predicted molar refractivity (Wildman–Crippen MR) is 161 cm³/mol. The summed E-state index contributed by atoms with van der Waals surface area (Å²) in [5.41, 5.74) is 14.5. The average molecular weight is 517 g/mol. The first-order valence-corrected chi connectivity index (χ1v) is 13.5. The summed E-state index contributed by atoms with van der Waals surface area (Å²) in [7, 11) is 0. The van der Waals surface area contributed by atoms with E-state index in [0.717, 1.165) is 67.1 Å². The first kappa shape index (κ1) is 23.9. The highest BCUT2D eigenvalue weighted by molar-refractivity contribution is 5.85. The van der Waals surface area contributed by atoms with E-state index in [1.54, 1.807) is 0 Å². The van der Waals surface area contributed by atoms with Crippen molar-refractivity contribution in [1.29, 1.82) is 0 Å². The summed E-state index contributed by atoms with van der Waals surface area (Å²) in [4.78, 5) is 17.6. The molecule has 0 unspecified atom stereocenters. The molecule has 4 heteroatoms. The van der Waals surface area contributed by atoms with Crippen LogP contribution in [0.4, 0.5) is 0 Å². The standard InChI is InChI=1S/C36H26N4/c1-23-13-19-29-31(21-23)39-33(25-9-5-3-6-10-25)35(37-29)27-15-17-28(18-16-27)36-34(26-11-7-4-8-12-26)40-32-22-24(2)14-20-30(32)38-36/h3-22H,1-2H3/p+2. The van der Waals surface area contributed by atoms with Gasteiger partial charge in [0.25, 0.3) is 0 Å². The van der Waals surface area contributed by atoms with Crippen molar-refractivity contribution in [2.75, 3.05) is 0 Å². The Hall–Kier alpha value is -5.22. The summed E-state index contributed by atoms with van der Waals surface area (Å²) in [6.45, 7) is 4.19. The molecule has 7 aromatic rings. The van der Waals surface area contributed by atoms with Gasteiger partial charge in [-0.2, -0.15) is 0 Å². The Kier molecular flexibility index (Phi) is 5.86. The van der Waals surface area contributed by atoms with Crippen LogP contribution >= 0.6 is 0 Å². The third kappa shape index (κ3) is 4.40. The van der Waals surface area contributed by atoms with Crippen molar-refractivity contribution in [3.8, 4) is 45.0 Å². The molecule has 0 saturated carbocycles. The van der Waals surface area contributed by atoms with Crippen LogP contribution in [0.1, 0.15) is 11.1 Å². The monoisotopic (exact) mass is 516 g/mol. The smallest absolute Gasteiger partial charge is 0.234 e. The van der Waals surface area contributed by atoms with E-state index in [2.05, 4.69) is 133 Å². The van der Waals surface area contributed by atoms with Crippen molar-refractivity contribution >= 4 is 22.1 Å². The van der Waals surface area contributed by atoms with Crippen LogP contribution in [0.15, 0.2) is 121 Å². The van der Waals surface area contributed by atoms with Crippen LogP contribution in [-0.4, -0.2) is 9.97 Å². The number of hydrogen-bond donors (Lipinski definition) is 0. The zero-order chi connectivity index (χ0) is 27.1. The van der Waals surface area contributed by atoms with Crippen molar-refractivity contribution in [3.05, 3.63) is 132 Å². The topological polar surface area (TPSA) is 54.1 Å². The van der Waals surface area contributed by atoms with Crippen molar-refractivity contribution in [1.82, 2.24) is 9.97 Å². The number of fused-ring (bicyclic) bond motifs is 2. The van der Waals surface area contributed by atoms with E-state index in [0.29, 0.717) is 0 Å². The van der Waals surface area contributed by atoms with Crippen LogP contribution in [0.25, 0.3) is 67.1 Å². The lowest BCUT2D eigenvalue weighted by molar-refractivity contribution is -0.331. The van der Waals surface area contributed by atoms with Gasteiger partial charge in [-0.1, -0.05) is 72.8 Å². The number of aromatic nitrogens is 4. The number of H-pyrrole nitrogens is 2. The number of nitrogens with one attached hydrogen (secondary N) is 2. The van der Waals surface area contributed by atoms with Gasteiger partial charge in [0.2, 0.25) is 22.4 Å². The molecule has 0 bridgehead atoms. The maximum atomic E-state index is 5.11. The molecule has 4 nitrogen and oxygen atoms in total. The summed E-state index contributed by atoms with van der Waals surface area (Å²) >= 11 is 0. The lowest BCUT2D eigenvalue weighted by Gasteiger charge is -2.08. The molecule has 0 aliphatic heterocycles. The van der Waals surface area contributed by atoms with E-state index in [-0.39, 0.29) is 0 Å². The Bertz CT molecular complexity index is 1850. The molecule has 0 aliphatic carbocycles. The third-order valence-corrected chi connectivity index (χ3v) is 7.32. The van der Waals surface area contributed by atoms with E-state index in [9.17, 15) is 0 Å². The molecule has 0 atom stereocenters. The van der Waals surface area contributed by atoms with Crippen LogP contribution in [0.5, 0.6) is 0 Å². The third-order valence-electron chi connectivity index (χ3n) is 7.32. The van der Waals surface area contributed by atoms with Gasteiger partial charge in [0.15, 0.2) is 0 Å². The fourth-order valence-corrected chi connectivity index (χ4v) is 5.25. The van der Waals surface area contributed by atoms with E-state index < -0.39 is 0 Å². The second-order valence-corrected chi connectivity index (χ2v) is 10.3. The van der Waals surface area contributed by atoms with Crippen LogP contribution in [-0.2, 0) is 0 Å². The zero-order valence-electron chi connectivity index (χ0n) is 22.4. The molecule has 2 aromatic heterocycles. The highest BCUT2D eigenvalue weighted by Crippen LogP contribution is 2.33. The molecule has 2 heterocycles. The van der Waals surface area contributed by atoms with Gasteiger partial charge >= 0.3 is 0 Å². The van der Waals surface area contributed by atoms with Crippen molar-refractivity contribution in [2.45, 2.75) is 13.8 Å². The van der Waals surface area contributed by atoms with Gasteiger partial charge in [0.1, 0.15) is 22.4 Å². The number of aromatic amines is 2. The van der Waals surface area contributed by atoms with E-state index in [1.807, 2.05) is 12.1 Å². The minimum atomic E-state index is 0.936. The molecule has 40 heavy (non-hydrogen) atoms. The lowest BCUT2D eigenvalue weighted by Crippen LogP contribution is -2.13. The average Bonchev–Trinajstić information content (AvgIpc) is 3.00. The van der Waals surface area contributed by atoms with Crippen molar-refractivity contribution in [2.24, 2.45) is 0 Å². The molecule has 190 valence electrons. The molecule has 0 fully saturated rings. The summed E-state index contributed by atoms with van der Waals surface area (Å²) < 4.78 is 0. The highest BCUT2D eigenvalue weighted by atomic mass is 14.8. The quantitative estimate of drug-likeness (QED) is 0.241. The molecule has 2 N–H and O–H groups in total. The van der Waals surface area contributed by atoms with Gasteiger partial charge in [0, 0.05) is 34.4 Å². The van der Waals surface area contributed by atoms with E-state index >= 15 is 0 Å². The summed E-state index contributed by atoms with van der Waals surface area (Å²) in [5.74, 6) is 0. The molecule has 7 rings (SSSR count).